The predicted molar refractivity (Wildman–Crippen MR) is 84.6 cm³/mol. The first-order valence-electron chi connectivity index (χ1n) is 7.60. The Morgan fingerprint density at radius 2 is 2.00 bits per heavy atom. The summed E-state index contributed by atoms with van der Waals surface area (Å²) in [4.78, 5) is 22.3. The minimum absolute atomic E-state index is 0.217. The molecule has 0 radical (unpaired) electrons. The van der Waals surface area contributed by atoms with Crippen molar-refractivity contribution in [1.82, 2.24) is 14.9 Å². The van der Waals surface area contributed by atoms with Gasteiger partial charge >= 0.3 is 0 Å². The van der Waals surface area contributed by atoms with Crippen LogP contribution in [-0.2, 0) is 4.79 Å². The van der Waals surface area contributed by atoms with E-state index in [1.807, 2.05) is 20.9 Å². The molecule has 116 valence electrons. The number of amides is 1. The molecule has 1 unspecified atom stereocenters. The third-order valence-corrected chi connectivity index (χ3v) is 3.77. The maximum absolute atomic E-state index is 11.5. The van der Waals surface area contributed by atoms with Crippen molar-refractivity contribution in [2.75, 3.05) is 30.8 Å². The van der Waals surface area contributed by atoms with E-state index in [1.54, 1.807) is 4.90 Å². The highest BCUT2D eigenvalue weighted by Gasteiger charge is 2.23. The van der Waals surface area contributed by atoms with Gasteiger partial charge in [-0.05, 0) is 26.7 Å². The molecule has 0 aliphatic carbocycles. The van der Waals surface area contributed by atoms with Crippen LogP contribution in [0.5, 0.6) is 0 Å². The number of carbonyl (C=O) groups is 1. The number of aryl methyl sites for hydroxylation is 1. The standard InChI is InChI=1S/C15H25N5O/c1-5-8-16-14-10(2)15(18-11(3)17-14)19-12-6-7-13(21)20(4)9-12/h12H,5-9H2,1-4H3,(H2,16,17,18,19). The van der Waals surface area contributed by atoms with Gasteiger partial charge in [0.15, 0.2) is 0 Å². The van der Waals surface area contributed by atoms with E-state index in [1.165, 1.54) is 0 Å². The molecule has 0 aromatic carbocycles. The highest BCUT2D eigenvalue weighted by molar-refractivity contribution is 5.77. The number of likely N-dealkylation sites (tertiary alicyclic amines) is 1. The summed E-state index contributed by atoms with van der Waals surface area (Å²) in [6.07, 6.45) is 2.50. The molecule has 1 saturated heterocycles. The predicted octanol–water partition coefficient (Wildman–Crippen LogP) is 1.95. The molecule has 6 nitrogen and oxygen atoms in total. The quantitative estimate of drug-likeness (QED) is 0.867. The number of hydrogen-bond acceptors (Lipinski definition) is 5. The lowest BCUT2D eigenvalue weighted by atomic mass is 10.1. The fourth-order valence-electron chi connectivity index (χ4n) is 2.51. The molecule has 0 saturated carbocycles. The summed E-state index contributed by atoms with van der Waals surface area (Å²) >= 11 is 0. The molecule has 2 rings (SSSR count). The molecule has 1 aliphatic heterocycles. The highest BCUT2D eigenvalue weighted by Crippen LogP contribution is 2.22. The van der Waals surface area contributed by atoms with Crippen LogP contribution in [-0.4, -0.2) is 47.0 Å². The SMILES string of the molecule is CCCNc1nc(C)nc(NC2CCC(=O)N(C)C2)c1C. The second-order valence-electron chi connectivity index (χ2n) is 5.67. The van der Waals surface area contributed by atoms with Gasteiger partial charge in [-0.2, -0.15) is 0 Å². The van der Waals surface area contributed by atoms with Crippen LogP contribution in [0.4, 0.5) is 11.6 Å². The summed E-state index contributed by atoms with van der Waals surface area (Å²) in [5.41, 5.74) is 1.04. The number of aromatic nitrogens is 2. The van der Waals surface area contributed by atoms with Crippen molar-refractivity contribution >= 4 is 17.5 Å². The zero-order chi connectivity index (χ0) is 15.4. The monoisotopic (exact) mass is 291 g/mol. The van der Waals surface area contributed by atoms with E-state index in [9.17, 15) is 4.79 Å². The maximum Gasteiger partial charge on any atom is 0.222 e. The van der Waals surface area contributed by atoms with E-state index in [0.29, 0.717) is 6.42 Å². The zero-order valence-corrected chi connectivity index (χ0v) is 13.4. The number of nitrogens with one attached hydrogen (secondary N) is 2. The second-order valence-corrected chi connectivity index (χ2v) is 5.67. The first-order chi connectivity index (χ1) is 10.0. The van der Waals surface area contributed by atoms with Crippen LogP contribution in [0.2, 0.25) is 0 Å². The molecular weight excluding hydrogens is 266 g/mol. The number of carbonyl (C=O) groups excluding carboxylic acids is 1. The lowest BCUT2D eigenvalue weighted by Gasteiger charge is -2.31. The number of likely N-dealkylation sites (N-methyl/N-ethyl adjacent to an activating group) is 1. The lowest BCUT2D eigenvalue weighted by molar-refractivity contribution is -0.132. The Morgan fingerprint density at radius 3 is 2.67 bits per heavy atom. The summed E-state index contributed by atoms with van der Waals surface area (Å²) in [5, 5.41) is 6.81. The van der Waals surface area contributed by atoms with Gasteiger partial charge in [0, 0.05) is 38.2 Å². The van der Waals surface area contributed by atoms with E-state index in [0.717, 1.165) is 49.0 Å². The van der Waals surface area contributed by atoms with E-state index in [2.05, 4.69) is 27.5 Å². The van der Waals surface area contributed by atoms with Gasteiger partial charge in [0.2, 0.25) is 5.91 Å². The average Bonchev–Trinajstić information content (AvgIpc) is 2.45. The number of hydrogen-bond donors (Lipinski definition) is 2. The van der Waals surface area contributed by atoms with Crippen LogP contribution in [0.3, 0.4) is 0 Å². The van der Waals surface area contributed by atoms with Crippen LogP contribution in [0.25, 0.3) is 0 Å². The van der Waals surface area contributed by atoms with Crippen molar-refractivity contribution in [2.45, 2.75) is 46.1 Å². The van der Waals surface area contributed by atoms with Crippen molar-refractivity contribution < 1.29 is 4.79 Å². The molecule has 6 heteroatoms. The summed E-state index contributed by atoms with van der Waals surface area (Å²) in [6, 6.07) is 0.250. The Morgan fingerprint density at radius 1 is 1.29 bits per heavy atom. The Bertz CT molecular complexity index is 517. The third kappa shape index (κ3) is 3.83. The fourth-order valence-corrected chi connectivity index (χ4v) is 2.51. The average molecular weight is 291 g/mol. The molecule has 2 N–H and O–H groups in total. The lowest BCUT2D eigenvalue weighted by Crippen LogP contribution is -2.43. The van der Waals surface area contributed by atoms with Crippen LogP contribution in [0, 0.1) is 13.8 Å². The first-order valence-corrected chi connectivity index (χ1v) is 7.60. The van der Waals surface area contributed by atoms with Crippen molar-refractivity contribution in [1.29, 1.82) is 0 Å². The van der Waals surface area contributed by atoms with Gasteiger partial charge in [-0.25, -0.2) is 9.97 Å². The van der Waals surface area contributed by atoms with Gasteiger partial charge < -0.3 is 15.5 Å². The van der Waals surface area contributed by atoms with Crippen LogP contribution >= 0.6 is 0 Å². The molecule has 1 amide bonds. The van der Waals surface area contributed by atoms with Crippen molar-refractivity contribution in [3.63, 3.8) is 0 Å². The van der Waals surface area contributed by atoms with Gasteiger partial charge in [0.1, 0.15) is 17.5 Å². The summed E-state index contributed by atoms with van der Waals surface area (Å²) < 4.78 is 0. The molecule has 1 aromatic heterocycles. The van der Waals surface area contributed by atoms with Gasteiger partial charge in [-0.3, -0.25) is 4.79 Å². The van der Waals surface area contributed by atoms with Gasteiger partial charge in [0.25, 0.3) is 0 Å². The summed E-state index contributed by atoms with van der Waals surface area (Å²) in [6.45, 7) is 7.68. The van der Waals surface area contributed by atoms with Crippen molar-refractivity contribution in [3.8, 4) is 0 Å². The Labute approximate surface area is 126 Å². The molecule has 21 heavy (non-hydrogen) atoms. The fraction of sp³-hybridized carbons (Fsp3) is 0.667. The van der Waals surface area contributed by atoms with Gasteiger partial charge in [0.05, 0.1) is 0 Å². The number of anilines is 2. The number of nitrogens with zero attached hydrogens (tertiary/aromatic N) is 3. The topological polar surface area (TPSA) is 70.1 Å². The highest BCUT2D eigenvalue weighted by atomic mass is 16.2. The summed E-state index contributed by atoms with van der Waals surface area (Å²) in [7, 11) is 1.85. The first kappa shape index (κ1) is 15.5. The van der Waals surface area contributed by atoms with E-state index in [-0.39, 0.29) is 11.9 Å². The van der Waals surface area contributed by atoms with E-state index >= 15 is 0 Å². The smallest absolute Gasteiger partial charge is 0.222 e. The molecule has 1 aromatic rings. The second kappa shape index (κ2) is 6.74. The third-order valence-electron chi connectivity index (χ3n) is 3.77. The molecule has 1 fully saturated rings. The minimum atomic E-state index is 0.217. The minimum Gasteiger partial charge on any atom is -0.370 e. The Balaban J connectivity index is 2.12. The molecule has 1 aliphatic rings. The molecular formula is C15H25N5O. The largest absolute Gasteiger partial charge is 0.370 e. The van der Waals surface area contributed by atoms with Gasteiger partial charge in [-0.15, -0.1) is 0 Å². The zero-order valence-electron chi connectivity index (χ0n) is 13.4. The normalized spacial score (nSPS) is 18.8. The van der Waals surface area contributed by atoms with Crippen molar-refractivity contribution in [3.05, 3.63) is 11.4 Å². The van der Waals surface area contributed by atoms with Crippen LogP contribution in [0.1, 0.15) is 37.6 Å². The molecule has 2 heterocycles. The van der Waals surface area contributed by atoms with Crippen LogP contribution in [0.15, 0.2) is 0 Å². The van der Waals surface area contributed by atoms with E-state index < -0.39 is 0 Å². The number of piperidine rings is 1. The molecule has 0 spiro atoms. The molecule has 1 atom stereocenters. The molecule has 0 bridgehead atoms. The Hall–Kier alpha value is -1.85. The Kier molecular flexibility index (Phi) is 4.98. The van der Waals surface area contributed by atoms with Crippen molar-refractivity contribution in [2.24, 2.45) is 0 Å². The van der Waals surface area contributed by atoms with Gasteiger partial charge in [-0.1, -0.05) is 6.92 Å². The maximum atomic E-state index is 11.5. The van der Waals surface area contributed by atoms with Crippen LogP contribution < -0.4 is 10.6 Å². The van der Waals surface area contributed by atoms with E-state index in [4.69, 9.17) is 0 Å². The summed E-state index contributed by atoms with van der Waals surface area (Å²) in [5.74, 6) is 2.73. The number of rotatable bonds is 5.